The molecule has 7 heteroatoms. The molecule has 3 aromatic carbocycles. The summed E-state index contributed by atoms with van der Waals surface area (Å²) >= 11 is 6.03. The highest BCUT2D eigenvalue weighted by Gasteiger charge is 2.16. The maximum Gasteiger partial charge on any atom is 0.265 e. The molecule has 0 aliphatic heterocycles. The fourth-order valence-electron chi connectivity index (χ4n) is 2.51. The number of amides is 2. The Morgan fingerprint density at radius 2 is 1.48 bits per heavy atom. The highest BCUT2D eigenvalue weighted by molar-refractivity contribution is 6.32. The number of anilines is 2. The van der Waals surface area contributed by atoms with E-state index in [9.17, 15) is 14.0 Å². The van der Waals surface area contributed by atoms with E-state index in [1.54, 1.807) is 61.5 Å². The molecule has 148 valence electrons. The van der Waals surface area contributed by atoms with Crippen LogP contribution in [0.15, 0.2) is 72.8 Å². The molecule has 2 N–H and O–H groups in total. The third kappa shape index (κ3) is 5.33. The number of hydrogen-bond acceptors (Lipinski definition) is 3. The van der Waals surface area contributed by atoms with Crippen molar-refractivity contribution in [1.29, 1.82) is 0 Å². The maximum absolute atomic E-state index is 13.7. The van der Waals surface area contributed by atoms with E-state index in [1.165, 1.54) is 18.2 Å². The molecule has 3 aromatic rings. The number of nitrogens with one attached hydrogen (secondary N) is 2. The van der Waals surface area contributed by atoms with Crippen LogP contribution in [0.1, 0.15) is 17.3 Å². The molecule has 1 unspecified atom stereocenters. The molecule has 0 aromatic heterocycles. The van der Waals surface area contributed by atoms with Crippen molar-refractivity contribution in [2.45, 2.75) is 13.0 Å². The van der Waals surface area contributed by atoms with Crippen molar-refractivity contribution >= 4 is 34.8 Å². The van der Waals surface area contributed by atoms with E-state index in [4.69, 9.17) is 16.3 Å². The van der Waals surface area contributed by atoms with Gasteiger partial charge in [-0.1, -0.05) is 35.9 Å². The Morgan fingerprint density at radius 1 is 0.897 bits per heavy atom. The van der Waals surface area contributed by atoms with Gasteiger partial charge in [-0.25, -0.2) is 4.39 Å². The summed E-state index contributed by atoms with van der Waals surface area (Å²) in [5.74, 6) is -1.08. The van der Waals surface area contributed by atoms with Crippen LogP contribution in [0.3, 0.4) is 0 Å². The second-order valence-corrected chi connectivity index (χ2v) is 6.60. The van der Waals surface area contributed by atoms with E-state index >= 15 is 0 Å². The van der Waals surface area contributed by atoms with Gasteiger partial charge in [0.05, 0.1) is 10.6 Å². The molecule has 0 spiro atoms. The van der Waals surface area contributed by atoms with Crippen LogP contribution in [-0.4, -0.2) is 17.9 Å². The molecule has 0 heterocycles. The summed E-state index contributed by atoms with van der Waals surface area (Å²) < 4.78 is 19.3. The van der Waals surface area contributed by atoms with Crippen LogP contribution in [0.25, 0.3) is 0 Å². The van der Waals surface area contributed by atoms with Gasteiger partial charge in [0.1, 0.15) is 11.6 Å². The van der Waals surface area contributed by atoms with Crippen LogP contribution in [0.4, 0.5) is 15.8 Å². The maximum atomic E-state index is 13.7. The summed E-state index contributed by atoms with van der Waals surface area (Å²) in [6.45, 7) is 1.61. The summed E-state index contributed by atoms with van der Waals surface area (Å²) in [7, 11) is 0. The SMILES string of the molecule is CC(Oc1ccccc1Cl)C(=O)Nc1ccc(NC(=O)c2ccccc2F)cc1. The molecule has 0 aliphatic carbocycles. The van der Waals surface area contributed by atoms with Crippen molar-refractivity contribution < 1.29 is 18.7 Å². The first kappa shape index (κ1) is 20.4. The van der Waals surface area contributed by atoms with Crippen molar-refractivity contribution in [3.05, 3.63) is 89.2 Å². The minimum atomic E-state index is -0.768. The minimum Gasteiger partial charge on any atom is -0.479 e. The van der Waals surface area contributed by atoms with Gasteiger partial charge in [0.25, 0.3) is 11.8 Å². The number of para-hydroxylation sites is 1. The molecule has 0 saturated heterocycles. The van der Waals surface area contributed by atoms with Gasteiger partial charge in [-0.15, -0.1) is 0 Å². The van der Waals surface area contributed by atoms with Crippen LogP contribution in [-0.2, 0) is 4.79 Å². The van der Waals surface area contributed by atoms with Crippen molar-refractivity contribution in [1.82, 2.24) is 0 Å². The van der Waals surface area contributed by atoms with Gasteiger partial charge in [-0.05, 0) is 55.5 Å². The third-order valence-corrected chi connectivity index (χ3v) is 4.35. The lowest BCUT2D eigenvalue weighted by Gasteiger charge is -2.15. The van der Waals surface area contributed by atoms with Gasteiger partial charge in [-0.2, -0.15) is 0 Å². The summed E-state index contributed by atoms with van der Waals surface area (Å²) in [4.78, 5) is 24.5. The molecule has 0 radical (unpaired) electrons. The zero-order valence-electron chi connectivity index (χ0n) is 15.5. The molecule has 29 heavy (non-hydrogen) atoms. The minimum absolute atomic E-state index is 0.0459. The number of halogens is 2. The monoisotopic (exact) mass is 412 g/mol. The Labute approximate surface area is 172 Å². The van der Waals surface area contributed by atoms with E-state index in [-0.39, 0.29) is 11.5 Å². The summed E-state index contributed by atoms with van der Waals surface area (Å²) in [6.07, 6.45) is -0.768. The van der Waals surface area contributed by atoms with Gasteiger partial charge in [0, 0.05) is 11.4 Å². The number of carbonyl (C=O) groups excluding carboxylic acids is 2. The quantitative estimate of drug-likeness (QED) is 0.589. The number of rotatable bonds is 6. The zero-order chi connectivity index (χ0) is 20.8. The van der Waals surface area contributed by atoms with E-state index in [0.717, 1.165) is 0 Å². The first-order valence-corrected chi connectivity index (χ1v) is 9.20. The lowest BCUT2D eigenvalue weighted by molar-refractivity contribution is -0.122. The highest BCUT2D eigenvalue weighted by Crippen LogP contribution is 2.24. The number of hydrogen-bond donors (Lipinski definition) is 2. The number of carbonyl (C=O) groups is 2. The summed E-state index contributed by atoms with van der Waals surface area (Å²) in [5, 5.41) is 5.75. The van der Waals surface area contributed by atoms with Gasteiger partial charge in [-0.3, -0.25) is 9.59 Å². The van der Waals surface area contributed by atoms with E-state index in [1.807, 2.05) is 0 Å². The topological polar surface area (TPSA) is 67.4 Å². The van der Waals surface area contributed by atoms with Crippen LogP contribution in [0, 0.1) is 5.82 Å². The highest BCUT2D eigenvalue weighted by atomic mass is 35.5. The largest absolute Gasteiger partial charge is 0.479 e. The van der Waals surface area contributed by atoms with E-state index in [0.29, 0.717) is 22.1 Å². The first-order chi connectivity index (χ1) is 13.9. The van der Waals surface area contributed by atoms with Gasteiger partial charge in [0.2, 0.25) is 0 Å². The Bertz CT molecular complexity index is 1020. The Balaban J connectivity index is 1.58. The zero-order valence-corrected chi connectivity index (χ0v) is 16.2. The van der Waals surface area contributed by atoms with Crippen molar-refractivity contribution in [3.63, 3.8) is 0 Å². The Kier molecular flexibility index (Phi) is 6.46. The number of benzene rings is 3. The molecular weight excluding hydrogens is 395 g/mol. The average Bonchev–Trinajstić information content (AvgIpc) is 2.71. The van der Waals surface area contributed by atoms with Crippen molar-refractivity contribution in [3.8, 4) is 5.75 Å². The van der Waals surface area contributed by atoms with E-state index in [2.05, 4.69) is 10.6 Å². The summed E-state index contributed by atoms with van der Waals surface area (Å²) in [5.41, 5.74) is 0.945. The second-order valence-electron chi connectivity index (χ2n) is 6.19. The van der Waals surface area contributed by atoms with Crippen molar-refractivity contribution in [2.24, 2.45) is 0 Å². The predicted octanol–water partition coefficient (Wildman–Crippen LogP) is 5.14. The molecular formula is C22H18ClFN2O3. The normalized spacial score (nSPS) is 11.4. The molecule has 0 bridgehead atoms. The lowest BCUT2D eigenvalue weighted by atomic mass is 10.2. The average molecular weight is 413 g/mol. The van der Waals surface area contributed by atoms with Gasteiger partial charge in [0.15, 0.2) is 6.10 Å². The smallest absolute Gasteiger partial charge is 0.265 e. The third-order valence-electron chi connectivity index (χ3n) is 4.04. The number of ether oxygens (including phenoxy) is 1. The molecule has 0 saturated carbocycles. The van der Waals surface area contributed by atoms with Crippen LogP contribution in [0.5, 0.6) is 5.75 Å². The summed E-state index contributed by atoms with van der Waals surface area (Å²) in [6, 6.07) is 19.1. The fraction of sp³-hybridized carbons (Fsp3) is 0.0909. The molecule has 2 amide bonds. The lowest BCUT2D eigenvalue weighted by Crippen LogP contribution is -2.30. The van der Waals surface area contributed by atoms with Crippen LogP contribution < -0.4 is 15.4 Å². The van der Waals surface area contributed by atoms with Crippen LogP contribution >= 0.6 is 11.6 Å². The van der Waals surface area contributed by atoms with Crippen LogP contribution in [0.2, 0.25) is 5.02 Å². The molecule has 0 fully saturated rings. The molecule has 1 atom stereocenters. The predicted molar refractivity (Wildman–Crippen MR) is 111 cm³/mol. The van der Waals surface area contributed by atoms with E-state index < -0.39 is 17.8 Å². The first-order valence-electron chi connectivity index (χ1n) is 8.82. The Morgan fingerprint density at radius 3 is 2.14 bits per heavy atom. The standard InChI is InChI=1S/C22H18ClFN2O3/c1-14(29-20-9-5-3-7-18(20)23)21(27)25-15-10-12-16(13-11-15)26-22(28)17-6-2-4-8-19(17)24/h2-14H,1H3,(H,25,27)(H,26,28). The molecule has 5 nitrogen and oxygen atoms in total. The Hall–Kier alpha value is -3.38. The fourth-order valence-corrected chi connectivity index (χ4v) is 2.69. The van der Waals surface area contributed by atoms with Crippen molar-refractivity contribution in [2.75, 3.05) is 10.6 Å². The van der Waals surface area contributed by atoms with Gasteiger partial charge >= 0.3 is 0 Å². The molecule has 0 aliphatic rings. The second kappa shape index (κ2) is 9.21. The molecule has 3 rings (SSSR count). The van der Waals surface area contributed by atoms with Gasteiger partial charge < -0.3 is 15.4 Å².